The van der Waals surface area contributed by atoms with E-state index >= 15 is 0 Å². The van der Waals surface area contributed by atoms with Crippen LogP contribution < -0.4 is 0 Å². The van der Waals surface area contributed by atoms with Crippen molar-refractivity contribution < 1.29 is 42.9 Å². The Balaban J connectivity index is 1.75. The highest BCUT2D eigenvalue weighted by atomic mass is 16.6. The quantitative estimate of drug-likeness (QED) is 0.0308. The van der Waals surface area contributed by atoms with Gasteiger partial charge in [-0.05, 0) is 83.6 Å². The van der Waals surface area contributed by atoms with Crippen molar-refractivity contribution in [2.45, 2.75) is 225 Å². The molecule has 2 heterocycles. The van der Waals surface area contributed by atoms with Crippen LogP contribution in [0.3, 0.4) is 0 Å². The standard InChI is InChI=1S/C43H72O9/c1-6-7-8-9-10-11-12-13-14-15-16-17-21-24-27-39(49-34(3)44)40(50-35(4)45)30-31-41(51-36(5)46)42-29-28-38(52-42)26-23-20-18-19-22-25-37-32-33(2)48-43(37)47/h17,21,32-33,38-42H,6-16,18-20,22-31H2,1-5H3/b21-17-/t33?,38-,39-,40-,41+,42+/m1/s1. The van der Waals surface area contributed by atoms with Crippen molar-refractivity contribution in [2.24, 2.45) is 0 Å². The molecule has 0 aliphatic carbocycles. The summed E-state index contributed by atoms with van der Waals surface area (Å²) in [5, 5.41) is 0. The Morgan fingerprint density at radius 2 is 1.27 bits per heavy atom. The van der Waals surface area contributed by atoms with Gasteiger partial charge in [0.05, 0.1) is 12.2 Å². The first-order chi connectivity index (χ1) is 25.1. The lowest BCUT2D eigenvalue weighted by molar-refractivity contribution is -0.168. The van der Waals surface area contributed by atoms with Crippen LogP contribution in [0.1, 0.15) is 189 Å². The molecule has 1 saturated heterocycles. The SMILES string of the molecule is CCCCCCCCCCCC/C=C\CC[C@@H](OC(C)=O)[C@@H](CC[C@H](OC(C)=O)[C@@H]1CC[C@@H](CCCCCCCC2=CC(C)OC2=O)O1)OC(C)=O. The molecule has 2 aliphatic rings. The van der Waals surface area contributed by atoms with E-state index in [4.69, 9.17) is 23.7 Å². The van der Waals surface area contributed by atoms with Crippen LogP contribution >= 0.6 is 0 Å². The predicted octanol–water partition coefficient (Wildman–Crippen LogP) is 10.4. The Kier molecular flexibility index (Phi) is 24.4. The number of unbranched alkanes of at least 4 members (excludes halogenated alkanes) is 14. The molecule has 0 amide bonds. The summed E-state index contributed by atoms with van der Waals surface area (Å²) in [7, 11) is 0. The molecule has 298 valence electrons. The molecule has 0 saturated carbocycles. The highest BCUT2D eigenvalue weighted by Gasteiger charge is 2.35. The minimum atomic E-state index is -0.647. The molecule has 0 N–H and O–H groups in total. The van der Waals surface area contributed by atoms with Crippen LogP contribution in [0, 0.1) is 0 Å². The summed E-state index contributed by atoms with van der Waals surface area (Å²) in [6, 6.07) is 0. The number of allylic oxidation sites excluding steroid dienone is 2. The van der Waals surface area contributed by atoms with Gasteiger partial charge in [-0.25, -0.2) is 4.79 Å². The van der Waals surface area contributed by atoms with Gasteiger partial charge >= 0.3 is 23.9 Å². The Hall–Kier alpha value is -2.68. The Bertz CT molecular complexity index is 1080. The van der Waals surface area contributed by atoms with E-state index in [1.165, 1.54) is 85.0 Å². The van der Waals surface area contributed by atoms with Crippen LogP contribution in [-0.2, 0) is 42.9 Å². The number of carbonyl (C=O) groups excluding carboxylic acids is 4. The Morgan fingerprint density at radius 1 is 0.712 bits per heavy atom. The van der Waals surface area contributed by atoms with E-state index in [2.05, 4.69) is 19.1 Å². The average Bonchev–Trinajstić information content (AvgIpc) is 3.69. The Labute approximate surface area is 315 Å². The van der Waals surface area contributed by atoms with Crippen molar-refractivity contribution in [1.82, 2.24) is 0 Å². The van der Waals surface area contributed by atoms with Crippen LogP contribution in [0.5, 0.6) is 0 Å². The zero-order chi connectivity index (χ0) is 38.0. The smallest absolute Gasteiger partial charge is 0.334 e. The van der Waals surface area contributed by atoms with Gasteiger partial charge in [0.25, 0.3) is 0 Å². The zero-order valence-corrected chi connectivity index (χ0v) is 33.3. The van der Waals surface area contributed by atoms with Crippen molar-refractivity contribution in [1.29, 1.82) is 0 Å². The molecule has 1 fully saturated rings. The van der Waals surface area contributed by atoms with Crippen LogP contribution in [0.4, 0.5) is 0 Å². The second-order valence-electron chi connectivity index (χ2n) is 15.0. The third kappa shape index (κ3) is 21.1. The summed E-state index contributed by atoms with van der Waals surface area (Å²) in [5.41, 5.74) is 0.809. The van der Waals surface area contributed by atoms with Crippen LogP contribution in [0.2, 0.25) is 0 Å². The number of hydrogen-bond donors (Lipinski definition) is 0. The molecule has 6 atom stereocenters. The maximum Gasteiger partial charge on any atom is 0.334 e. The molecule has 0 spiro atoms. The number of carbonyl (C=O) groups is 4. The van der Waals surface area contributed by atoms with Gasteiger partial charge in [-0.3, -0.25) is 14.4 Å². The molecule has 0 aromatic rings. The lowest BCUT2D eigenvalue weighted by Crippen LogP contribution is -2.37. The molecule has 9 nitrogen and oxygen atoms in total. The largest absolute Gasteiger partial charge is 0.460 e. The van der Waals surface area contributed by atoms with Gasteiger partial charge in [0.2, 0.25) is 0 Å². The number of rotatable bonds is 30. The van der Waals surface area contributed by atoms with Gasteiger partial charge in [0, 0.05) is 26.3 Å². The average molecular weight is 733 g/mol. The monoisotopic (exact) mass is 733 g/mol. The fourth-order valence-corrected chi connectivity index (χ4v) is 7.43. The van der Waals surface area contributed by atoms with E-state index in [1.807, 2.05) is 13.0 Å². The van der Waals surface area contributed by atoms with Crippen molar-refractivity contribution in [3.8, 4) is 0 Å². The lowest BCUT2D eigenvalue weighted by atomic mass is 9.98. The van der Waals surface area contributed by atoms with Gasteiger partial charge in [0.15, 0.2) is 0 Å². The number of ether oxygens (including phenoxy) is 5. The summed E-state index contributed by atoms with van der Waals surface area (Å²) in [4.78, 5) is 48.1. The van der Waals surface area contributed by atoms with E-state index in [-0.39, 0.29) is 30.3 Å². The summed E-state index contributed by atoms with van der Waals surface area (Å²) in [6.07, 6.45) is 29.4. The maximum absolute atomic E-state index is 12.1. The van der Waals surface area contributed by atoms with Crippen molar-refractivity contribution in [2.75, 3.05) is 0 Å². The van der Waals surface area contributed by atoms with Crippen molar-refractivity contribution in [3.05, 3.63) is 23.8 Å². The first-order valence-corrected chi connectivity index (χ1v) is 20.8. The highest BCUT2D eigenvalue weighted by molar-refractivity contribution is 5.90. The summed E-state index contributed by atoms with van der Waals surface area (Å²) in [6.45, 7) is 8.28. The third-order valence-electron chi connectivity index (χ3n) is 10.1. The fraction of sp³-hybridized carbons (Fsp3) is 0.814. The summed E-state index contributed by atoms with van der Waals surface area (Å²) >= 11 is 0. The summed E-state index contributed by atoms with van der Waals surface area (Å²) in [5.74, 6) is -1.40. The minimum Gasteiger partial charge on any atom is -0.460 e. The molecule has 0 radical (unpaired) electrons. The van der Waals surface area contributed by atoms with Gasteiger partial charge in [-0.15, -0.1) is 0 Å². The molecular formula is C43H72O9. The second kappa shape index (κ2) is 27.9. The van der Waals surface area contributed by atoms with Crippen LogP contribution in [0.15, 0.2) is 23.8 Å². The van der Waals surface area contributed by atoms with Gasteiger partial charge in [0.1, 0.15) is 24.4 Å². The second-order valence-corrected chi connectivity index (χ2v) is 15.0. The molecule has 2 rings (SSSR count). The fourth-order valence-electron chi connectivity index (χ4n) is 7.43. The topological polar surface area (TPSA) is 114 Å². The van der Waals surface area contributed by atoms with Crippen molar-refractivity contribution >= 4 is 23.9 Å². The maximum atomic E-state index is 12.1. The molecular weight excluding hydrogens is 660 g/mol. The van der Waals surface area contributed by atoms with Gasteiger partial charge < -0.3 is 23.7 Å². The molecule has 0 bridgehead atoms. The first-order valence-electron chi connectivity index (χ1n) is 20.8. The lowest BCUT2D eigenvalue weighted by Gasteiger charge is -2.29. The van der Waals surface area contributed by atoms with Crippen LogP contribution in [-0.4, -0.2) is 60.5 Å². The highest BCUT2D eigenvalue weighted by Crippen LogP contribution is 2.30. The van der Waals surface area contributed by atoms with E-state index in [1.54, 1.807) is 0 Å². The molecule has 52 heavy (non-hydrogen) atoms. The van der Waals surface area contributed by atoms with Gasteiger partial charge in [-0.2, -0.15) is 0 Å². The molecule has 9 heteroatoms. The van der Waals surface area contributed by atoms with E-state index < -0.39 is 30.3 Å². The van der Waals surface area contributed by atoms with Gasteiger partial charge in [-0.1, -0.05) is 103 Å². The molecule has 2 aliphatic heterocycles. The number of esters is 4. The van der Waals surface area contributed by atoms with Crippen LogP contribution in [0.25, 0.3) is 0 Å². The molecule has 1 unspecified atom stereocenters. The number of hydrogen-bond acceptors (Lipinski definition) is 9. The first kappa shape index (κ1) is 45.5. The predicted molar refractivity (Wildman–Crippen MR) is 205 cm³/mol. The Morgan fingerprint density at radius 3 is 1.87 bits per heavy atom. The van der Waals surface area contributed by atoms with E-state index in [0.717, 1.165) is 69.8 Å². The van der Waals surface area contributed by atoms with Crippen molar-refractivity contribution in [3.63, 3.8) is 0 Å². The minimum absolute atomic E-state index is 0.104. The summed E-state index contributed by atoms with van der Waals surface area (Å²) < 4.78 is 28.7. The van der Waals surface area contributed by atoms with E-state index in [0.29, 0.717) is 25.7 Å². The van der Waals surface area contributed by atoms with E-state index in [9.17, 15) is 19.2 Å². The third-order valence-corrected chi connectivity index (χ3v) is 10.1. The number of cyclic esters (lactones) is 1. The molecule has 0 aromatic heterocycles. The normalized spacial score (nSPS) is 20.4. The zero-order valence-electron chi connectivity index (χ0n) is 33.3. The molecule has 0 aromatic carbocycles.